The Balaban J connectivity index is 1.99. The highest BCUT2D eigenvalue weighted by molar-refractivity contribution is 9.10. The molecule has 0 saturated carbocycles. The Bertz CT molecular complexity index is 908. The Morgan fingerprint density at radius 3 is 2.78 bits per heavy atom. The van der Waals surface area contributed by atoms with Crippen molar-refractivity contribution in [2.75, 3.05) is 18.7 Å². The highest BCUT2D eigenvalue weighted by atomic mass is 79.9. The van der Waals surface area contributed by atoms with Crippen molar-refractivity contribution in [3.05, 3.63) is 34.2 Å². The van der Waals surface area contributed by atoms with Gasteiger partial charge in [-0.2, -0.15) is 8.42 Å². The van der Waals surface area contributed by atoms with E-state index in [1.807, 2.05) is 5.48 Å². The van der Waals surface area contributed by atoms with Crippen molar-refractivity contribution in [3.8, 4) is 0 Å². The summed E-state index contributed by atoms with van der Waals surface area (Å²) in [6, 6.07) is 3.92. The average Bonchev–Trinajstić information content (AvgIpc) is 3.06. The summed E-state index contributed by atoms with van der Waals surface area (Å²) in [6.45, 7) is -0.314. The summed E-state index contributed by atoms with van der Waals surface area (Å²) in [4.78, 5) is 15.1. The van der Waals surface area contributed by atoms with Crippen molar-refractivity contribution in [1.82, 2.24) is 20.7 Å². The van der Waals surface area contributed by atoms with Crippen molar-refractivity contribution >= 4 is 43.5 Å². The third-order valence-corrected chi connectivity index (χ3v) is 3.55. The molecule has 2 aromatic rings. The first-order chi connectivity index (χ1) is 12.8. The first kappa shape index (κ1) is 21.1. The number of aliphatic imine (C=N–C) groups is 1. The highest BCUT2D eigenvalue weighted by Crippen LogP contribution is 2.23. The van der Waals surface area contributed by atoms with E-state index in [4.69, 9.17) is 4.84 Å². The minimum absolute atomic E-state index is 0.0541. The maximum Gasteiger partial charge on any atom is 0.296 e. The molecule has 0 saturated heterocycles. The van der Waals surface area contributed by atoms with Crippen molar-refractivity contribution in [2.24, 2.45) is 10.1 Å². The van der Waals surface area contributed by atoms with Crippen LogP contribution >= 0.6 is 15.9 Å². The van der Waals surface area contributed by atoms with Gasteiger partial charge in [0.25, 0.3) is 10.2 Å². The summed E-state index contributed by atoms with van der Waals surface area (Å²) < 4.78 is 39.2. The van der Waals surface area contributed by atoms with E-state index in [9.17, 15) is 18.0 Å². The first-order valence-electron chi connectivity index (χ1n) is 6.86. The van der Waals surface area contributed by atoms with Gasteiger partial charge in [-0.25, -0.2) is 24.6 Å². The molecular formula is C11H13BrFN7O6S. The summed E-state index contributed by atoms with van der Waals surface area (Å²) in [7, 11) is -3.98. The number of anilines is 1. The third kappa shape index (κ3) is 6.79. The monoisotopic (exact) mass is 469 g/mol. The number of halogens is 2. The lowest BCUT2D eigenvalue weighted by Crippen LogP contribution is -2.32. The number of nitrogens with two attached hydrogens (primary N) is 1. The highest BCUT2D eigenvalue weighted by Gasteiger charge is 2.17. The molecule has 0 bridgehead atoms. The second kappa shape index (κ2) is 9.65. The minimum Gasteiger partial charge on any atom is -0.290 e. The number of aromatic nitrogens is 2. The number of hydroxylamine groups is 1. The molecule has 2 rings (SSSR count). The van der Waals surface area contributed by atoms with E-state index in [0.29, 0.717) is 0 Å². The molecule has 0 aliphatic heterocycles. The molecule has 1 aromatic heterocycles. The predicted octanol–water partition coefficient (Wildman–Crippen LogP) is 0.0965. The molecular weight excluding hydrogens is 457 g/mol. The normalized spacial score (nSPS) is 12.2. The lowest BCUT2D eigenvalue weighted by atomic mass is 10.3. The summed E-state index contributed by atoms with van der Waals surface area (Å²) >= 11 is 3.02. The molecule has 1 heterocycles. The average molecular weight is 470 g/mol. The summed E-state index contributed by atoms with van der Waals surface area (Å²) in [5.74, 6) is -0.714. The quantitative estimate of drug-likeness (QED) is 0.146. The molecule has 0 unspecified atom stereocenters. The van der Waals surface area contributed by atoms with E-state index in [1.54, 1.807) is 4.89 Å². The SMILES string of the molecule is NS(=O)(=O)NOCCONc1nonc1C(=Nc1ccc(F)c(Br)c1)NO. The zero-order valence-electron chi connectivity index (χ0n) is 13.2. The maximum absolute atomic E-state index is 13.3. The van der Waals surface area contributed by atoms with E-state index in [2.05, 4.69) is 51.3 Å². The molecule has 0 aliphatic rings. The molecule has 0 amide bonds. The van der Waals surface area contributed by atoms with Gasteiger partial charge in [-0.1, -0.05) is 4.89 Å². The Labute approximate surface area is 159 Å². The van der Waals surface area contributed by atoms with E-state index >= 15 is 0 Å². The lowest BCUT2D eigenvalue weighted by Gasteiger charge is -2.07. The van der Waals surface area contributed by atoms with Gasteiger partial charge in [-0.3, -0.25) is 20.4 Å². The van der Waals surface area contributed by atoms with Gasteiger partial charge in [0.15, 0.2) is 11.5 Å². The maximum atomic E-state index is 13.3. The predicted molar refractivity (Wildman–Crippen MR) is 91.3 cm³/mol. The van der Waals surface area contributed by atoms with Crippen LogP contribution in [0.5, 0.6) is 0 Å². The molecule has 148 valence electrons. The fourth-order valence-electron chi connectivity index (χ4n) is 1.55. The van der Waals surface area contributed by atoms with Crippen LogP contribution in [0.25, 0.3) is 0 Å². The smallest absolute Gasteiger partial charge is 0.290 e. The molecule has 0 spiro atoms. The Kier molecular flexibility index (Phi) is 7.54. The van der Waals surface area contributed by atoms with E-state index in [1.165, 1.54) is 18.2 Å². The molecule has 0 fully saturated rings. The molecule has 0 aliphatic carbocycles. The number of nitrogens with zero attached hydrogens (tertiary/aromatic N) is 3. The molecule has 6 N–H and O–H groups in total. The fourth-order valence-corrected chi connectivity index (χ4v) is 2.17. The Morgan fingerprint density at radius 1 is 1.37 bits per heavy atom. The van der Waals surface area contributed by atoms with E-state index < -0.39 is 16.0 Å². The van der Waals surface area contributed by atoms with Gasteiger partial charge in [0.1, 0.15) is 12.4 Å². The topological polar surface area (TPSA) is 186 Å². The zero-order chi connectivity index (χ0) is 19.9. The van der Waals surface area contributed by atoms with Crippen LogP contribution in [-0.4, -0.2) is 43.0 Å². The van der Waals surface area contributed by atoms with Gasteiger partial charge in [0.05, 0.1) is 16.8 Å². The van der Waals surface area contributed by atoms with Gasteiger partial charge in [0.2, 0.25) is 5.82 Å². The number of hydrogen-bond acceptors (Lipinski definition) is 10. The summed E-state index contributed by atoms with van der Waals surface area (Å²) in [5.41, 5.74) is 4.41. The van der Waals surface area contributed by atoms with Gasteiger partial charge < -0.3 is 0 Å². The van der Waals surface area contributed by atoms with Crippen molar-refractivity contribution in [1.29, 1.82) is 0 Å². The largest absolute Gasteiger partial charge is 0.296 e. The molecule has 0 atom stereocenters. The number of nitrogens with one attached hydrogen (secondary N) is 3. The van der Waals surface area contributed by atoms with Crippen LogP contribution in [0.1, 0.15) is 5.69 Å². The molecule has 27 heavy (non-hydrogen) atoms. The number of hydrogen-bond donors (Lipinski definition) is 5. The van der Waals surface area contributed by atoms with Crippen LogP contribution in [0, 0.1) is 5.82 Å². The fraction of sp³-hybridized carbons (Fsp3) is 0.182. The summed E-state index contributed by atoms with van der Waals surface area (Å²) in [5, 5.41) is 21.0. The van der Waals surface area contributed by atoms with Crippen molar-refractivity contribution in [2.45, 2.75) is 0 Å². The lowest BCUT2D eigenvalue weighted by molar-refractivity contribution is 0.0425. The Morgan fingerprint density at radius 2 is 2.11 bits per heavy atom. The van der Waals surface area contributed by atoms with Crippen LogP contribution < -0.4 is 21.0 Å². The number of rotatable bonds is 9. The first-order valence-corrected chi connectivity index (χ1v) is 9.20. The zero-order valence-corrected chi connectivity index (χ0v) is 15.6. The van der Waals surface area contributed by atoms with Gasteiger partial charge in [-0.05, 0) is 44.4 Å². The molecule has 13 nitrogen and oxygen atoms in total. The molecule has 1 aromatic carbocycles. The number of benzene rings is 1. The molecule has 16 heteroatoms. The molecule has 0 radical (unpaired) electrons. The van der Waals surface area contributed by atoms with Gasteiger partial charge in [0, 0.05) is 0 Å². The van der Waals surface area contributed by atoms with Crippen molar-refractivity contribution in [3.63, 3.8) is 0 Å². The summed E-state index contributed by atoms with van der Waals surface area (Å²) in [6.07, 6.45) is 0. The second-order valence-electron chi connectivity index (χ2n) is 4.56. The number of amidine groups is 1. The van der Waals surface area contributed by atoms with Crippen LogP contribution in [0.15, 0.2) is 32.3 Å². The van der Waals surface area contributed by atoms with Crippen LogP contribution in [0.3, 0.4) is 0 Å². The van der Waals surface area contributed by atoms with Crippen molar-refractivity contribution < 1.29 is 32.3 Å². The minimum atomic E-state index is -3.98. The van der Waals surface area contributed by atoms with E-state index in [-0.39, 0.29) is 40.7 Å². The standard InChI is InChI=1S/C11H13BrFN7O6S/c12-7-5-6(1-2-8(7)13)15-10(16-21)9-11(19-26-17-9)18-24-3-4-25-20-27(14,22)23/h1-2,5,20-21H,3-4H2,(H,15,16)(H,18,19)(H2,14,22,23). The van der Waals surface area contributed by atoms with Crippen LogP contribution in [0.4, 0.5) is 15.9 Å². The van der Waals surface area contributed by atoms with Crippen LogP contribution in [0.2, 0.25) is 0 Å². The Hall–Kier alpha value is -2.21. The van der Waals surface area contributed by atoms with E-state index in [0.717, 1.165) is 0 Å². The van der Waals surface area contributed by atoms with Crippen LogP contribution in [-0.2, 0) is 19.9 Å². The second-order valence-corrected chi connectivity index (χ2v) is 6.67. The van der Waals surface area contributed by atoms with Gasteiger partial charge in [-0.15, -0.1) is 0 Å². The van der Waals surface area contributed by atoms with Gasteiger partial charge >= 0.3 is 0 Å². The third-order valence-electron chi connectivity index (χ3n) is 2.59.